The number of carboxylic acid groups (broad SMARTS) is 1. The van der Waals surface area contributed by atoms with Crippen LogP contribution in [0.2, 0.25) is 0 Å². The lowest BCUT2D eigenvalue weighted by molar-refractivity contribution is -0.136. The maximum atomic E-state index is 14.6. The molecule has 2 aromatic carbocycles. The summed E-state index contributed by atoms with van der Waals surface area (Å²) in [5, 5.41) is 23.8. The molecule has 3 N–H and O–H groups in total. The van der Waals surface area contributed by atoms with Crippen LogP contribution >= 0.6 is 15.9 Å². The van der Waals surface area contributed by atoms with Crippen molar-refractivity contribution in [2.45, 2.75) is 51.2 Å². The number of halogens is 1. The summed E-state index contributed by atoms with van der Waals surface area (Å²) < 4.78 is 0.398. The van der Waals surface area contributed by atoms with Crippen LogP contribution in [-0.2, 0) is 16.0 Å². The lowest BCUT2D eigenvalue weighted by atomic mass is 9.85. The van der Waals surface area contributed by atoms with Crippen LogP contribution < -0.4 is 9.80 Å². The summed E-state index contributed by atoms with van der Waals surface area (Å²) in [4.78, 5) is 42.1. The molecule has 3 amide bonds. The fourth-order valence-electron chi connectivity index (χ4n) is 5.57. The van der Waals surface area contributed by atoms with Gasteiger partial charge in [-0.05, 0) is 55.1 Å². The number of nitrogens with zero attached hydrogens (tertiary/aromatic N) is 2. The van der Waals surface area contributed by atoms with E-state index in [9.17, 15) is 24.6 Å². The minimum absolute atomic E-state index is 0.00268. The van der Waals surface area contributed by atoms with Crippen molar-refractivity contribution in [3.63, 3.8) is 0 Å². The summed E-state index contributed by atoms with van der Waals surface area (Å²) >= 11 is 3.41. The predicted octanol–water partition coefficient (Wildman–Crippen LogP) is 4.25. The van der Waals surface area contributed by atoms with Crippen molar-refractivity contribution in [2.75, 3.05) is 26.2 Å². The zero-order valence-corrected chi connectivity index (χ0v) is 22.9. The molecule has 1 spiro atoms. The van der Waals surface area contributed by atoms with Crippen LogP contribution in [0.3, 0.4) is 0 Å². The zero-order valence-electron chi connectivity index (χ0n) is 21.3. The third-order valence-corrected chi connectivity index (χ3v) is 8.14. The van der Waals surface area contributed by atoms with Gasteiger partial charge in [0.05, 0.1) is 19.1 Å². The molecule has 2 aliphatic rings. The van der Waals surface area contributed by atoms with Gasteiger partial charge in [0.2, 0.25) is 0 Å². The summed E-state index contributed by atoms with van der Waals surface area (Å²) in [7, 11) is 0. The van der Waals surface area contributed by atoms with Crippen molar-refractivity contribution in [3.05, 3.63) is 64.1 Å². The van der Waals surface area contributed by atoms with E-state index >= 15 is 0 Å². The number of aliphatic hydroxyl groups is 1. The highest BCUT2D eigenvalue weighted by Gasteiger charge is 2.69. The zero-order chi connectivity index (χ0) is 26.8. The highest BCUT2D eigenvalue weighted by Crippen LogP contribution is 2.45. The summed E-state index contributed by atoms with van der Waals surface area (Å²) in [6.07, 6.45) is 0.405. The Morgan fingerprint density at radius 3 is 2.43 bits per heavy atom. The van der Waals surface area contributed by atoms with Crippen molar-refractivity contribution in [3.8, 4) is 0 Å². The molecule has 9 heteroatoms. The number of β-amino-alcohol motifs (C(OH)–C–C–N with tert-alkyl or cyclic N) is 1. The monoisotopic (exact) mass is 572 g/mol. The molecule has 198 valence electrons. The minimum atomic E-state index is -1.04. The molecule has 2 heterocycles. The van der Waals surface area contributed by atoms with Crippen LogP contribution in [-0.4, -0.2) is 64.7 Å². The summed E-state index contributed by atoms with van der Waals surface area (Å²) in [5.74, 6) is -0.904. The smallest absolute Gasteiger partial charge is 0.433 e. The number of rotatable bonds is 9. The molecule has 2 unspecified atom stereocenters. The van der Waals surface area contributed by atoms with E-state index in [1.807, 2.05) is 24.3 Å². The Labute approximate surface area is 226 Å². The molecule has 2 aliphatic heterocycles. The van der Waals surface area contributed by atoms with Gasteiger partial charge in [-0.2, -0.15) is 0 Å². The van der Waals surface area contributed by atoms with Gasteiger partial charge >= 0.3 is 17.9 Å². The molecule has 0 radical (unpaired) electrons. The minimum Gasteiger partial charge on any atom is -0.481 e. The van der Waals surface area contributed by atoms with Gasteiger partial charge < -0.3 is 15.5 Å². The van der Waals surface area contributed by atoms with E-state index in [0.29, 0.717) is 49.2 Å². The predicted molar refractivity (Wildman–Crippen MR) is 145 cm³/mol. The molecule has 2 aromatic rings. The third kappa shape index (κ3) is 5.23. The number of carbonyl (C=O) groups excluding carboxylic acids is 2. The van der Waals surface area contributed by atoms with Crippen molar-refractivity contribution in [1.82, 2.24) is 14.7 Å². The lowest BCUT2D eigenvalue weighted by Crippen LogP contribution is -2.59. The summed E-state index contributed by atoms with van der Waals surface area (Å²) in [6.45, 7) is 5.57. The van der Waals surface area contributed by atoms with Crippen molar-refractivity contribution < 1.29 is 24.6 Å². The molecule has 2 saturated heterocycles. The molecule has 8 nitrogen and oxygen atoms in total. The number of urea groups is 1. The van der Waals surface area contributed by atoms with Gasteiger partial charge in [-0.1, -0.05) is 54.0 Å². The van der Waals surface area contributed by atoms with Crippen LogP contribution in [0.5, 0.6) is 0 Å². The Balaban J connectivity index is 1.81. The van der Waals surface area contributed by atoms with Gasteiger partial charge in [-0.15, -0.1) is 4.48 Å². The normalized spacial score (nSPS) is 22.1. The van der Waals surface area contributed by atoms with Crippen LogP contribution in [0.4, 0.5) is 10.5 Å². The molecule has 37 heavy (non-hydrogen) atoms. The topological polar surface area (TPSA) is 107 Å². The molecule has 2 atom stereocenters. The Morgan fingerprint density at radius 2 is 1.81 bits per heavy atom. The number of carboxylic acids is 1. The number of aliphatic carboxylic acids is 1. The number of benzene rings is 2. The van der Waals surface area contributed by atoms with Crippen molar-refractivity contribution >= 4 is 39.5 Å². The van der Waals surface area contributed by atoms with E-state index in [2.05, 4.69) is 35.1 Å². The fourth-order valence-corrected chi connectivity index (χ4v) is 5.84. The largest absolute Gasteiger partial charge is 0.481 e. The van der Waals surface area contributed by atoms with E-state index in [-0.39, 0.29) is 37.4 Å². The Bertz CT molecular complexity index is 1160. The van der Waals surface area contributed by atoms with Gasteiger partial charge in [0.15, 0.2) is 5.54 Å². The average Bonchev–Trinajstić information content (AvgIpc) is 3.02. The van der Waals surface area contributed by atoms with Crippen molar-refractivity contribution in [2.24, 2.45) is 5.92 Å². The first kappa shape index (κ1) is 27.4. The Kier molecular flexibility index (Phi) is 8.18. The molecular formula is C28H35BrN3O5+. The maximum absolute atomic E-state index is 14.6. The number of aliphatic hydroxyl groups excluding tert-OH is 1. The van der Waals surface area contributed by atoms with E-state index in [1.165, 1.54) is 0 Å². The molecule has 0 bridgehead atoms. The fraction of sp³-hybridized carbons (Fsp3) is 0.464. The van der Waals surface area contributed by atoms with Crippen molar-refractivity contribution in [1.29, 1.82) is 0 Å². The first-order chi connectivity index (χ1) is 17.6. The molecule has 4 rings (SSSR count). The van der Waals surface area contributed by atoms with Crippen LogP contribution in [0.25, 0.3) is 0 Å². The molecule has 0 saturated carbocycles. The number of carbonyl (C=O) groups is 3. The quantitative estimate of drug-likeness (QED) is 0.306. The third-order valence-electron chi connectivity index (χ3n) is 7.61. The Morgan fingerprint density at radius 1 is 1.14 bits per heavy atom. The number of piperidine rings is 1. The first-order valence-electron chi connectivity index (χ1n) is 12.8. The van der Waals surface area contributed by atoms with E-state index < -0.39 is 22.1 Å². The molecule has 2 fully saturated rings. The van der Waals surface area contributed by atoms with Gasteiger partial charge in [0.25, 0.3) is 0 Å². The molecular weight excluding hydrogens is 538 g/mol. The maximum Gasteiger partial charge on any atom is 0.433 e. The van der Waals surface area contributed by atoms with E-state index in [0.717, 1.165) is 4.47 Å². The van der Waals surface area contributed by atoms with Gasteiger partial charge in [0, 0.05) is 23.0 Å². The van der Waals surface area contributed by atoms with Crippen LogP contribution in [0, 0.1) is 5.92 Å². The number of imide groups is 1. The summed E-state index contributed by atoms with van der Waals surface area (Å²) in [6, 6.07) is 13.8. The number of hydrogen-bond donors (Lipinski definition) is 3. The Hall–Kier alpha value is -2.59. The molecule has 0 aromatic heterocycles. The second-order valence-electron chi connectivity index (χ2n) is 10.5. The first-order valence-corrected chi connectivity index (χ1v) is 13.6. The average molecular weight is 574 g/mol. The standard InChI is InChI=1S/C28H34BrN3O5/c1-19(2)10-15-32(23-5-3-4-20(16-23)17-25(34)35)26(36)28(11-13-30-14-12-28)31(27(32)37)18-24(33)21-6-8-22(29)9-7-21/h3-9,16,19,24,30,33H,10-15,17-18H2,1-2H3/p+1. The van der Waals surface area contributed by atoms with Gasteiger partial charge in [-0.25, -0.2) is 9.59 Å². The van der Waals surface area contributed by atoms with Gasteiger partial charge in [-0.3, -0.25) is 9.69 Å². The number of amides is 3. The lowest BCUT2D eigenvalue weighted by Gasteiger charge is -2.36. The van der Waals surface area contributed by atoms with E-state index in [4.69, 9.17) is 0 Å². The van der Waals surface area contributed by atoms with Gasteiger partial charge in [0.1, 0.15) is 12.2 Å². The highest BCUT2D eigenvalue weighted by atomic mass is 79.9. The number of quaternary nitrogens is 1. The summed E-state index contributed by atoms with van der Waals surface area (Å²) in [5.41, 5.74) is 0.662. The van der Waals surface area contributed by atoms with E-state index in [1.54, 1.807) is 29.2 Å². The SMILES string of the molecule is CC(C)CC[N+]1(c2cccc(CC(=O)O)c2)C(=O)N(CC(O)c2ccc(Br)cc2)C2(CCNCC2)C1=O. The second-order valence-corrected chi connectivity index (χ2v) is 11.4. The number of nitrogens with one attached hydrogen (secondary N) is 1. The molecule has 0 aliphatic carbocycles. The van der Waals surface area contributed by atoms with Crippen LogP contribution in [0.1, 0.15) is 50.3 Å². The van der Waals surface area contributed by atoms with Crippen LogP contribution in [0.15, 0.2) is 53.0 Å². The second kappa shape index (κ2) is 11.0. The number of hydrogen-bond acceptors (Lipinski definition) is 5. The highest BCUT2D eigenvalue weighted by molar-refractivity contribution is 9.10.